The van der Waals surface area contributed by atoms with Crippen LogP contribution in [-0.4, -0.2) is 106 Å². The molecule has 0 aliphatic carbocycles. The van der Waals surface area contributed by atoms with E-state index in [2.05, 4.69) is 32.5 Å². The molecule has 11 heteroatoms. The molecular formula is C24H36N6O5. The average molecular weight is 489 g/mol. The van der Waals surface area contributed by atoms with E-state index in [-0.39, 0.29) is 32.0 Å². The molecule has 35 heavy (non-hydrogen) atoms. The highest BCUT2D eigenvalue weighted by Crippen LogP contribution is 2.13. The molecule has 0 unspecified atom stereocenters. The van der Waals surface area contributed by atoms with E-state index in [0.29, 0.717) is 24.4 Å². The summed E-state index contributed by atoms with van der Waals surface area (Å²) in [5.74, 6) is 0.930. The molecule has 1 fully saturated rings. The molecule has 1 saturated heterocycles. The number of nitrogens with one attached hydrogen (secondary N) is 5. The lowest BCUT2D eigenvalue weighted by molar-refractivity contribution is -0.141. The maximum atomic E-state index is 12.4. The van der Waals surface area contributed by atoms with Gasteiger partial charge < -0.3 is 36.4 Å². The van der Waals surface area contributed by atoms with Crippen molar-refractivity contribution in [3.8, 4) is 18.1 Å². The number of carboxylic acid groups (broad SMARTS) is 1. The largest absolute Gasteiger partial charge is 0.481 e. The first-order valence-electron chi connectivity index (χ1n) is 11.8. The third-order valence-electron chi connectivity index (χ3n) is 5.30. The van der Waals surface area contributed by atoms with Gasteiger partial charge >= 0.3 is 5.97 Å². The number of hydrogen-bond acceptors (Lipinski definition) is 8. The zero-order valence-corrected chi connectivity index (χ0v) is 20.0. The number of ether oxygens (including phenoxy) is 1. The molecule has 0 radical (unpaired) electrons. The van der Waals surface area contributed by atoms with E-state index in [1.165, 1.54) is 0 Å². The van der Waals surface area contributed by atoms with Crippen LogP contribution in [0.3, 0.4) is 0 Å². The molecule has 1 aromatic rings. The lowest BCUT2D eigenvalue weighted by Gasteiger charge is -2.23. The Morgan fingerprint density at radius 3 is 2.17 bits per heavy atom. The molecule has 1 aromatic carbocycles. The molecule has 1 aliphatic rings. The first-order valence-corrected chi connectivity index (χ1v) is 11.8. The summed E-state index contributed by atoms with van der Waals surface area (Å²) in [5.41, 5.74) is 0.711. The molecule has 0 bridgehead atoms. The molecule has 6 N–H and O–H groups in total. The van der Waals surface area contributed by atoms with Gasteiger partial charge in [0.15, 0.2) is 0 Å². The number of amides is 2. The summed E-state index contributed by atoms with van der Waals surface area (Å²) in [6.07, 6.45) is 5.25. The fraction of sp³-hybridized carbons (Fsp3) is 0.542. The SMILES string of the molecule is C#CCOc1ccc(C[C@H](NC(=O)CNC(=O)CN2CCNCCNCCNCC2)C(=O)O)cc1. The van der Waals surface area contributed by atoms with Gasteiger partial charge in [0.2, 0.25) is 11.8 Å². The molecule has 0 aromatic heterocycles. The number of carbonyl (C=O) groups excluding carboxylic acids is 2. The van der Waals surface area contributed by atoms with Gasteiger partial charge in [0.1, 0.15) is 18.4 Å². The lowest BCUT2D eigenvalue weighted by Crippen LogP contribution is -2.49. The predicted molar refractivity (Wildman–Crippen MR) is 132 cm³/mol. The first-order chi connectivity index (χ1) is 17.0. The zero-order chi connectivity index (χ0) is 25.3. The summed E-state index contributed by atoms with van der Waals surface area (Å²) in [4.78, 5) is 38.3. The van der Waals surface area contributed by atoms with Crippen molar-refractivity contribution in [3.63, 3.8) is 0 Å². The van der Waals surface area contributed by atoms with Gasteiger partial charge in [0.25, 0.3) is 0 Å². The summed E-state index contributed by atoms with van der Waals surface area (Å²) in [6, 6.07) is 5.68. The number of rotatable bonds is 10. The summed E-state index contributed by atoms with van der Waals surface area (Å²) in [5, 5.41) is 24.5. The van der Waals surface area contributed by atoms with Crippen molar-refractivity contribution in [3.05, 3.63) is 29.8 Å². The first kappa shape index (κ1) is 28.1. The second kappa shape index (κ2) is 16.5. The monoisotopic (exact) mass is 488 g/mol. The van der Waals surface area contributed by atoms with E-state index in [0.717, 1.165) is 39.3 Å². The predicted octanol–water partition coefficient (Wildman–Crippen LogP) is -1.99. The average Bonchev–Trinajstić information content (AvgIpc) is 2.83. The Hall–Kier alpha value is -3.17. The van der Waals surface area contributed by atoms with Gasteiger partial charge in [-0.15, -0.1) is 6.42 Å². The van der Waals surface area contributed by atoms with Crippen LogP contribution < -0.4 is 31.3 Å². The molecule has 0 saturated carbocycles. The standard InChI is InChI=1S/C24H36N6O5/c1-2-15-35-20-5-3-19(4-6-20)16-21(24(33)34)29-22(31)17-28-23(32)18-30-13-11-26-9-7-25-8-10-27-12-14-30/h1,3-6,21,25-27H,7-18H2,(H,28,32)(H,29,31)(H,33,34)/t21-/m0/s1. The van der Waals surface area contributed by atoms with Gasteiger partial charge in [-0.05, 0) is 17.7 Å². The molecule has 1 heterocycles. The summed E-state index contributed by atoms with van der Waals surface area (Å²) in [7, 11) is 0. The maximum absolute atomic E-state index is 12.4. The number of terminal acetylenes is 1. The van der Waals surface area contributed by atoms with Gasteiger partial charge in [0.05, 0.1) is 13.1 Å². The van der Waals surface area contributed by atoms with Crippen molar-refractivity contribution in [1.29, 1.82) is 0 Å². The van der Waals surface area contributed by atoms with Crippen molar-refractivity contribution in [2.24, 2.45) is 0 Å². The van der Waals surface area contributed by atoms with Crippen LogP contribution in [-0.2, 0) is 20.8 Å². The van der Waals surface area contributed by atoms with Crippen molar-refractivity contribution >= 4 is 17.8 Å². The van der Waals surface area contributed by atoms with Gasteiger partial charge in [0, 0.05) is 58.8 Å². The van der Waals surface area contributed by atoms with Crippen LogP contribution in [0.1, 0.15) is 5.56 Å². The topological polar surface area (TPSA) is 144 Å². The molecule has 2 rings (SSSR count). The van der Waals surface area contributed by atoms with Crippen LogP contribution >= 0.6 is 0 Å². The van der Waals surface area contributed by atoms with E-state index in [1.54, 1.807) is 24.3 Å². The molecule has 11 nitrogen and oxygen atoms in total. The Morgan fingerprint density at radius 2 is 1.60 bits per heavy atom. The fourth-order valence-electron chi connectivity index (χ4n) is 3.44. The highest BCUT2D eigenvalue weighted by Gasteiger charge is 2.21. The number of benzene rings is 1. The van der Waals surface area contributed by atoms with E-state index in [9.17, 15) is 19.5 Å². The Labute approximate surface area is 206 Å². The van der Waals surface area contributed by atoms with Crippen LogP contribution in [0.15, 0.2) is 24.3 Å². The minimum Gasteiger partial charge on any atom is -0.481 e. The van der Waals surface area contributed by atoms with Gasteiger partial charge in [-0.1, -0.05) is 18.1 Å². The Morgan fingerprint density at radius 1 is 1.00 bits per heavy atom. The normalized spacial score (nSPS) is 16.5. The van der Waals surface area contributed by atoms with Crippen LogP contribution in [0.5, 0.6) is 5.75 Å². The van der Waals surface area contributed by atoms with Gasteiger partial charge in [-0.25, -0.2) is 4.79 Å². The Balaban J connectivity index is 1.77. The van der Waals surface area contributed by atoms with Crippen molar-refractivity contribution in [2.45, 2.75) is 12.5 Å². The minimum absolute atomic E-state index is 0.0910. The van der Waals surface area contributed by atoms with Crippen LogP contribution in [0, 0.1) is 12.3 Å². The van der Waals surface area contributed by atoms with E-state index in [4.69, 9.17) is 11.2 Å². The minimum atomic E-state index is -1.16. The van der Waals surface area contributed by atoms with Crippen molar-refractivity contribution < 1.29 is 24.2 Å². The molecule has 2 amide bonds. The Kier molecular flexibility index (Phi) is 13.2. The molecular weight excluding hydrogens is 452 g/mol. The van der Waals surface area contributed by atoms with E-state index >= 15 is 0 Å². The van der Waals surface area contributed by atoms with Gasteiger partial charge in [-0.3, -0.25) is 14.5 Å². The highest BCUT2D eigenvalue weighted by atomic mass is 16.5. The molecule has 0 spiro atoms. The molecule has 192 valence electrons. The third-order valence-corrected chi connectivity index (χ3v) is 5.30. The quantitative estimate of drug-likeness (QED) is 0.206. The number of hydrogen-bond donors (Lipinski definition) is 6. The molecule has 1 aliphatic heterocycles. The maximum Gasteiger partial charge on any atom is 0.326 e. The van der Waals surface area contributed by atoms with Crippen LogP contribution in [0.2, 0.25) is 0 Å². The summed E-state index contributed by atoms with van der Waals surface area (Å²) >= 11 is 0. The fourth-order valence-corrected chi connectivity index (χ4v) is 3.44. The lowest BCUT2D eigenvalue weighted by atomic mass is 10.1. The molecule has 1 atom stereocenters. The van der Waals surface area contributed by atoms with Crippen molar-refractivity contribution in [1.82, 2.24) is 31.5 Å². The van der Waals surface area contributed by atoms with Crippen LogP contribution in [0.4, 0.5) is 0 Å². The van der Waals surface area contributed by atoms with Gasteiger partial charge in [-0.2, -0.15) is 0 Å². The number of carboxylic acids is 1. The van der Waals surface area contributed by atoms with E-state index < -0.39 is 17.9 Å². The smallest absolute Gasteiger partial charge is 0.326 e. The number of nitrogens with zero attached hydrogens (tertiary/aromatic N) is 1. The summed E-state index contributed by atoms with van der Waals surface area (Å²) < 4.78 is 5.30. The number of aliphatic carboxylic acids is 1. The van der Waals surface area contributed by atoms with E-state index in [1.807, 2.05) is 4.90 Å². The Bertz CT molecular complexity index is 830. The zero-order valence-electron chi connectivity index (χ0n) is 20.0. The second-order valence-corrected chi connectivity index (χ2v) is 8.10. The van der Waals surface area contributed by atoms with Crippen molar-refractivity contribution in [2.75, 3.05) is 72.1 Å². The highest BCUT2D eigenvalue weighted by molar-refractivity contribution is 5.88. The second-order valence-electron chi connectivity index (χ2n) is 8.10. The number of carbonyl (C=O) groups is 3. The van der Waals surface area contributed by atoms with Crippen LogP contribution in [0.25, 0.3) is 0 Å². The summed E-state index contributed by atoms with van der Waals surface area (Å²) in [6.45, 7) is 6.42. The third kappa shape index (κ3) is 12.2.